The fourth-order valence-electron chi connectivity index (χ4n) is 3.60. The fraction of sp³-hybridized carbons (Fsp3) is 0.275. The van der Waals surface area contributed by atoms with E-state index in [0.717, 1.165) is 38.5 Å². The van der Waals surface area contributed by atoms with Gasteiger partial charge >= 0.3 is 29.3 Å². The number of rotatable bonds is 18. The SMILES string of the molecule is CC(=O)Oc1ccccc1C(=O)[O-].CC(=O)Oc1ccccc1C(=O)[O-].CC/C=C/C/C=C/C/C=C/C/C=C/C/C=C/C/C=C/CCC(=O)[O-].[Al+3]. The van der Waals surface area contributed by atoms with E-state index >= 15 is 0 Å². The van der Waals surface area contributed by atoms with Crippen LogP contribution in [0.5, 0.6) is 11.5 Å². The second kappa shape index (κ2) is 32.0. The fourth-order valence-corrected chi connectivity index (χ4v) is 3.60. The molecule has 0 fully saturated rings. The molecule has 0 saturated heterocycles. The molecule has 0 aliphatic heterocycles. The minimum absolute atomic E-state index is 0. The average Bonchev–Trinajstić information content (AvgIpc) is 3.06. The summed E-state index contributed by atoms with van der Waals surface area (Å²) in [5.74, 6) is -4.82. The van der Waals surface area contributed by atoms with Gasteiger partial charge in [0.15, 0.2) is 0 Å². The molecule has 0 heterocycles. The van der Waals surface area contributed by atoms with Crippen LogP contribution in [-0.2, 0) is 14.4 Å². The Labute approximate surface area is 311 Å². The van der Waals surface area contributed by atoms with Crippen LogP contribution in [0.1, 0.15) is 92.9 Å². The third-order valence-corrected chi connectivity index (χ3v) is 5.83. The molecule has 0 atom stereocenters. The number of carbonyl (C=O) groups is 5. The van der Waals surface area contributed by atoms with Crippen LogP contribution in [0, 0.1) is 0 Å². The zero-order valence-corrected chi connectivity index (χ0v) is 30.5. The molecule has 10 nitrogen and oxygen atoms in total. The van der Waals surface area contributed by atoms with Crippen molar-refractivity contribution in [1.82, 2.24) is 0 Å². The van der Waals surface area contributed by atoms with Crippen molar-refractivity contribution in [1.29, 1.82) is 0 Å². The van der Waals surface area contributed by atoms with Gasteiger partial charge in [-0.3, -0.25) is 9.59 Å². The maximum atomic E-state index is 10.6. The van der Waals surface area contributed by atoms with Crippen LogP contribution in [-0.4, -0.2) is 47.2 Å². The molecular formula is C40H45AlO10. The van der Waals surface area contributed by atoms with Crippen molar-refractivity contribution >= 4 is 47.2 Å². The van der Waals surface area contributed by atoms with Crippen LogP contribution >= 0.6 is 0 Å². The molecule has 0 aliphatic carbocycles. The van der Waals surface area contributed by atoms with Crippen LogP contribution in [0.3, 0.4) is 0 Å². The van der Waals surface area contributed by atoms with Crippen molar-refractivity contribution < 1.29 is 48.8 Å². The Bertz CT molecular complexity index is 1450. The van der Waals surface area contributed by atoms with Gasteiger partial charge in [0.2, 0.25) is 0 Å². The van der Waals surface area contributed by atoms with Crippen molar-refractivity contribution in [3.05, 3.63) is 133 Å². The molecular weight excluding hydrogens is 667 g/mol. The summed E-state index contributed by atoms with van der Waals surface area (Å²) in [5.41, 5.74) is -0.254. The smallest absolute Gasteiger partial charge is 0.550 e. The third-order valence-electron chi connectivity index (χ3n) is 5.83. The number of allylic oxidation sites excluding steroid dienone is 12. The van der Waals surface area contributed by atoms with Crippen LogP contribution in [0.25, 0.3) is 0 Å². The molecule has 0 bridgehead atoms. The van der Waals surface area contributed by atoms with Gasteiger partial charge in [0, 0.05) is 30.9 Å². The monoisotopic (exact) mass is 712 g/mol. The molecule has 0 N–H and O–H groups in total. The number of hydrogen-bond acceptors (Lipinski definition) is 10. The summed E-state index contributed by atoms with van der Waals surface area (Å²) >= 11 is 0. The van der Waals surface area contributed by atoms with Gasteiger partial charge in [-0.2, -0.15) is 0 Å². The number of carboxylic acids is 3. The van der Waals surface area contributed by atoms with Gasteiger partial charge in [-0.15, -0.1) is 0 Å². The van der Waals surface area contributed by atoms with E-state index in [1.54, 1.807) is 12.1 Å². The summed E-state index contributed by atoms with van der Waals surface area (Å²) in [6, 6.07) is 11.6. The molecule has 268 valence electrons. The summed E-state index contributed by atoms with van der Waals surface area (Å²) in [4.78, 5) is 52.3. The predicted octanol–water partition coefficient (Wildman–Crippen LogP) is 4.78. The number of carboxylic acid groups (broad SMARTS) is 3. The second-order valence-electron chi connectivity index (χ2n) is 10.1. The summed E-state index contributed by atoms with van der Waals surface area (Å²) in [5, 5.41) is 31.2. The quantitative estimate of drug-likeness (QED) is 0.0906. The van der Waals surface area contributed by atoms with Gasteiger partial charge in [-0.1, -0.05) is 104 Å². The number of aliphatic carboxylic acids is 1. The van der Waals surface area contributed by atoms with Gasteiger partial charge in [0.1, 0.15) is 11.5 Å². The Kier molecular flexibility index (Phi) is 30.0. The van der Waals surface area contributed by atoms with Crippen LogP contribution in [0.15, 0.2) is 121 Å². The number of hydrogen-bond donors (Lipinski definition) is 0. The van der Waals surface area contributed by atoms with E-state index in [-0.39, 0.29) is 46.4 Å². The maximum absolute atomic E-state index is 10.6. The number of esters is 2. The van der Waals surface area contributed by atoms with E-state index in [2.05, 4.69) is 77.2 Å². The first-order valence-electron chi connectivity index (χ1n) is 16.1. The van der Waals surface area contributed by atoms with Gasteiger partial charge in [-0.05, 0) is 75.6 Å². The Morgan fingerprint density at radius 3 is 1.14 bits per heavy atom. The Balaban J connectivity index is 0. The first kappa shape index (κ1) is 47.9. The van der Waals surface area contributed by atoms with Gasteiger partial charge < -0.3 is 39.2 Å². The largest absolute Gasteiger partial charge is 3.00 e. The number of para-hydroxylation sites is 2. The molecule has 2 aromatic carbocycles. The van der Waals surface area contributed by atoms with E-state index in [0.29, 0.717) is 6.42 Å². The Hall–Kier alpha value is -5.24. The van der Waals surface area contributed by atoms with E-state index in [1.807, 2.05) is 12.2 Å². The predicted molar refractivity (Wildman–Crippen MR) is 192 cm³/mol. The molecule has 11 heteroatoms. The van der Waals surface area contributed by atoms with Crippen LogP contribution < -0.4 is 24.8 Å². The maximum Gasteiger partial charge on any atom is 3.00 e. The summed E-state index contributed by atoms with van der Waals surface area (Å²) in [6.07, 6.45) is 32.1. The van der Waals surface area contributed by atoms with Gasteiger partial charge in [0.05, 0.1) is 11.9 Å². The molecule has 0 spiro atoms. The summed E-state index contributed by atoms with van der Waals surface area (Å²) < 4.78 is 9.29. The number of aromatic carboxylic acids is 2. The molecule has 0 radical (unpaired) electrons. The van der Waals surface area contributed by atoms with Crippen molar-refractivity contribution in [2.45, 2.75) is 72.1 Å². The van der Waals surface area contributed by atoms with E-state index in [9.17, 15) is 39.3 Å². The molecule has 0 amide bonds. The molecule has 51 heavy (non-hydrogen) atoms. The molecule has 0 aliphatic rings. The van der Waals surface area contributed by atoms with Crippen molar-refractivity contribution in [2.75, 3.05) is 0 Å². The Morgan fingerprint density at radius 1 is 0.529 bits per heavy atom. The van der Waals surface area contributed by atoms with Gasteiger partial charge in [0.25, 0.3) is 0 Å². The standard InChI is InChI=1S/C22H32O2.2C9H8O4.Al/c1-2-3-4-5-6-7-8-9-10-11-12-13-14-15-16-17-18-19-20-21-22(23)24;2*1-6(10)13-8-5-3-2-4-7(8)9(11)12;/h3-4,6-7,9-10,12-13,15-16,18-19H,2,5,8,11,14,17,20-21H2,1H3,(H,23,24);2*2-5H,1H3,(H,11,12);/q;;;+3/p-3/b4-3+,7-6+,10-9+,13-12+,16-15+,19-18+;;;. The second-order valence-corrected chi connectivity index (χ2v) is 10.1. The normalized spacial score (nSPS) is 10.9. The molecule has 0 unspecified atom stereocenters. The molecule has 0 aromatic heterocycles. The zero-order chi connectivity index (χ0) is 37.4. The third kappa shape index (κ3) is 28.3. The summed E-state index contributed by atoms with van der Waals surface area (Å²) in [7, 11) is 0. The van der Waals surface area contributed by atoms with E-state index < -0.39 is 29.8 Å². The first-order valence-corrected chi connectivity index (χ1v) is 16.1. The van der Waals surface area contributed by atoms with Gasteiger partial charge in [-0.25, -0.2) is 0 Å². The zero-order valence-electron chi connectivity index (χ0n) is 29.4. The number of carbonyl (C=O) groups excluding carboxylic acids is 5. The minimum Gasteiger partial charge on any atom is -0.550 e. The minimum atomic E-state index is -1.36. The van der Waals surface area contributed by atoms with Crippen molar-refractivity contribution in [2.24, 2.45) is 0 Å². The van der Waals surface area contributed by atoms with Crippen molar-refractivity contribution in [3.8, 4) is 11.5 Å². The number of ether oxygens (including phenoxy) is 2. The average molecular weight is 713 g/mol. The number of benzene rings is 2. The van der Waals surface area contributed by atoms with Crippen molar-refractivity contribution in [3.63, 3.8) is 0 Å². The summed E-state index contributed by atoms with van der Waals surface area (Å²) in [6.45, 7) is 4.55. The Morgan fingerprint density at radius 2 is 0.843 bits per heavy atom. The van der Waals surface area contributed by atoms with Crippen LogP contribution in [0.4, 0.5) is 0 Å². The van der Waals surface area contributed by atoms with E-state index in [4.69, 9.17) is 0 Å². The van der Waals surface area contributed by atoms with Crippen LogP contribution in [0.2, 0.25) is 0 Å². The topological polar surface area (TPSA) is 173 Å². The molecule has 2 rings (SSSR count). The molecule has 2 aromatic rings. The first-order chi connectivity index (χ1) is 24.0. The van der Waals surface area contributed by atoms with E-state index in [1.165, 1.54) is 50.2 Å². The molecule has 0 saturated carbocycles.